The minimum Gasteiger partial charge on any atom is -0.388 e. The molecule has 3 fully saturated rings. The molecule has 1 N–H and O–H groups in total. The van der Waals surface area contributed by atoms with Crippen LogP contribution in [-0.4, -0.2) is 35.2 Å². The molecule has 1 saturated heterocycles. The van der Waals surface area contributed by atoms with Crippen molar-refractivity contribution >= 4 is 0 Å². The normalized spacial score (nSPS) is 27.9. The van der Waals surface area contributed by atoms with Gasteiger partial charge in [0, 0.05) is 6.54 Å². The van der Waals surface area contributed by atoms with Gasteiger partial charge in [0.1, 0.15) is 0 Å². The van der Waals surface area contributed by atoms with Crippen molar-refractivity contribution in [2.24, 2.45) is 11.8 Å². The zero-order valence-corrected chi connectivity index (χ0v) is 13.9. The Labute approximate surface area is 131 Å². The first-order chi connectivity index (χ1) is 10.3. The number of β-amino-alcohol motifs (C(OH)–C–C–N with tert-alkyl or cyclic N) is 1. The van der Waals surface area contributed by atoms with Crippen LogP contribution >= 0.6 is 0 Å². The molecule has 0 aromatic heterocycles. The van der Waals surface area contributed by atoms with Crippen LogP contribution in [0.2, 0.25) is 0 Å². The molecule has 0 unspecified atom stereocenters. The van der Waals surface area contributed by atoms with E-state index in [9.17, 15) is 5.11 Å². The van der Waals surface area contributed by atoms with E-state index in [4.69, 9.17) is 0 Å². The predicted molar refractivity (Wildman–Crippen MR) is 88.4 cm³/mol. The van der Waals surface area contributed by atoms with E-state index in [0.717, 1.165) is 6.54 Å². The molecule has 2 saturated carbocycles. The van der Waals surface area contributed by atoms with Crippen molar-refractivity contribution < 1.29 is 5.11 Å². The summed E-state index contributed by atoms with van der Waals surface area (Å²) < 4.78 is 0. The van der Waals surface area contributed by atoms with Gasteiger partial charge in [0.2, 0.25) is 0 Å². The lowest BCUT2D eigenvalue weighted by atomic mass is 9.66. The fraction of sp³-hybridized carbons (Fsp3) is 1.00. The van der Waals surface area contributed by atoms with Crippen molar-refractivity contribution in [1.29, 1.82) is 0 Å². The second-order valence-electron chi connectivity index (χ2n) is 8.00. The Kier molecular flexibility index (Phi) is 5.61. The Hall–Kier alpha value is -0.0800. The van der Waals surface area contributed by atoms with E-state index in [-0.39, 0.29) is 5.60 Å². The van der Waals surface area contributed by atoms with Gasteiger partial charge in [-0.3, -0.25) is 0 Å². The SMILES string of the molecule is OC(CN1CCCCC1)(C1CCCCC1)C1CCCCC1. The van der Waals surface area contributed by atoms with E-state index in [1.165, 1.54) is 96.6 Å². The number of likely N-dealkylation sites (tertiary alicyclic amines) is 1. The highest BCUT2D eigenvalue weighted by molar-refractivity contribution is 4.97. The molecule has 122 valence electrons. The second kappa shape index (κ2) is 7.46. The highest BCUT2D eigenvalue weighted by atomic mass is 16.3. The van der Waals surface area contributed by atoms with Crippen LogP contribution in [0, 0.1) is 11.8 Å². The third-order valence-corrected chi connectivity index (χ3v) is 6.55. The average Bonchev–Trinajstić information content (AvgIpc) is 2.57. The summed E-state index contributed by atoms with van der Waals surface area (Å²) >= 11 is 0. The number of nitrogens with zero attached hydrogens (tertiary/aromatic N) is 1. The third kappa shape index (κ3) is 3.82. The molecule has 1 aliphatic heterocycles. The van der Waals surface area contributed by atoms with E-state index in [0.29, 0.717) is 11.8 Å². The maximum absolute atomic E-state index is 11.8. The minimum absolute atomic E-state index is 0.377. The van der Waals surface area contributed by atoms with Crippen LogP contribution in [0.4, 0.5) is 0 Å². The minimum atomic E-state index is -0.377. The highest BCUT2D eigenvalue weighted by Gasteiger charge is 2.45. The third-order valence-electron chi connectivity index (χ3n) is 6.55. The summed E-state index contributed by atoms with van der Waals surface area (Å²) in [5.41, 5.74) is -0.377. The van der Waals surface area contributed by atoms with Crippen LogP contribution in [-0.2, 0) is 0 Å². The Morgan fingerprint density at radius 2 is 1.10 bits per heavy atom. The van der Waals surface area contributed by atoms with Crippen LogP contribution < -0.4 is 0 Å². The molecule has 0 aromatic rings. The molecular weight excluding hydrogens is 258 g/mol. The van der Waals surface area contributed by atoms with Gasteiger partial charge in [-0.15, -0.1) is 0 Å². The molecule has 21 heavy (non-hydrogen) atoms. The van der Waals surface area contributed by atoms with Crippen molar-refractivity contribution in [2.75, 3.05) is 19.6 Å². The van der Waals surface area contributed by atoms with Crippen molar-refractivity contribution in [3.63, 3.8) is 0 Å². The molecule has 0 bridgehead atoms. The van der Waals surface area contributed by atoms with Gasteiger partial charge >= 0.3 is 0 Å². The Bertz CT molecular complexity index is 281. The summed E-state index contributed by atoms with van der Waals surface area (Å²) in [6.45, 7) is 3.42. The number of piperidine rings is 1. The summed E-state index contributed by atoms with van der Waals surface area (Å²) in [4.78, 5) is 2.59. The van der Waals surface area contributed by atoms with E-state index in [1.54, 1.807) is 0 Å². The summed E-state index contributed by atoms with van der Waals surface area (Å²) in [6.07, 6.45) is 17.3. The highest BCUT2D eigenvalue weighted by Crippen LogP contribution is 2.43. The van der Waals surface area contributed by atoms with Gasteiger partial charge in [0.25, 0.3) is 0 Å². The predicted octanol–water partition coefficient (Wildman–Crippen LogP) is 4.36. The first-order valence-corrected chi connectivity index (χ1v) is 9.74. The van der Waals surface area contributed by atoms with E-state index in [1.807, 2.05) is 0 Å². The lowest BCUT2D eigenvalue weighted by Gasteiger charge is -2.48. The molecule has 0 radical (unpaired) electrons. The lowest BCUT2D eigenvalue weighted by Crippen LogP contribution is -2.55. The molecule has 2 aliphatic carbocycles. The maximum atomic E-state index is 11.8. The van der Waals surface area contributed by atoms with Gasteiger partial charge in [0.15, 0.2) is 0 Å². The number of rotatable bonds is 4. The van der Waals surface area contributed by atoms with Crippen molar-refractivity contribution in [3.8, 4) is 0 Å². The summed E-state index contributed by atoms with van der Waals surface area (Å²) in [7, 11) is 0. The molecule has 0 aromatic carbocycles. The number of hydrogen-bond acceptors (Lipinski definition) is 2. The molecule has 3 rings (SSSR count). The quantitative estimate of drug-likeness (QED) is 0.832. The van der Waals surface area contributed by atoms with E-state index >= 15 is 0 Å². The van der Waals surface area contributed by atoms with Crippen LogP contribution in [0.5, 0.6) is 0 Å². The zero-order chi connectivity index (χ0) is 14.5. The standard InChI is InChI=1S/C19H35NO/c21-19(17-10-4-1-5-11-17,18-12-6-2-7-13-18)16-20-14-8-3-9-15-20/h17-18,21H,1-16H2. The monoisotopic (exact) mass is 293 g/mol. The van der Waals surface area contributed by atoms with Gasteiger partial charge in [-0.25, -0.2) is 0 Å². The van der Waals surface area contributed by atoms with Gasteiger partial charge in [-0.2, -0.15) is 0 Å². The molecule has 1 heterocycles. The average molecular weight is 293 g/mol. The van der Waals surface area contributed by atoms with Gasteiger partial charge < -0.3 is 10.0 Å². The first-order valence-electron chi connectivity index (χ1n) is 9.74. The Morgan fingerprint density at radius 1 is 0.667 bits per heavy atom. The van der Waals surface area contributed by atoms with Crippen LogP contribution in [0.25, 0.3) is 0 Å². The Balaban J connectivity index is 1.71. The van der Waals surface area contributed by atoms with E-state index < -0.39 is 0 Å². The molecule has 2 heteroatoms. The molecule has 0 atom stereocenters. The van der Waals surface area contributed by atoms with E-state index in [2.05, 4.69) is 4.90 Å². The second-order valence-corrected chi connectivity index (χ2v) is 8.00. The number of aliphatic hydroxyl groups is 1. The molecule has 2 nitrogen and oxygen atoms in total. The zero-order valence-electron chi connectivity index (χ0n) is 13.9. The lowest BCUT2D eigenvalue weighted by molar-refractivity contribution is -0.112. The fourth-order valence-corrected chi connectivity index (χ4v) is 5.27. The largest absolute Gasteiger partial charge is 0.388 e. The van der Waals surface area contributed by atoms with Crippen LogP contribution in [0.3, 0.4) is 0 Å². The summed E-state index contributed by atoms with van der Waals surface area (Å²) in [5.74, 6) is 1.16. The Morgan fingerprint density at radius 3 is 1.57 bits per heavy atom. The maximum Gasteiger partial charge on any atom is 0.0829 e. The van der Waals surface area contributed by atoms with Crippen molar-refractivity contribution in [2.45, 2.75) is 89.1 Å². The first kappa shape index (κ1) is 15.8. The van der Waals surface area contributed by atoms with Crippen LogP contribution in [0.1, 0.15) is 83.5 Å². The van der Waals surface area contributed by atoms with Crippen molar-refractivity contribution in [1.82, 2.24) is 4.90 Å². The van der Waals surface area contributed by atoms with Gasteiger partial charge in [0.05, 0.1) is 5.60 Å². The van der Waals surface area contributed by atoms with Gasteiger partial charge in [-0.1, -0.05) is 44.9 Å². The number of hydrogen-bond donors (Lipinski definition) is 1. The van der Waals surface area contributed by atoms with Crippen molar-refractivity contribution in [3.05, 3.63) is 0 Å². The topological polar surface area (TPSA) is 23.5 Å². The van der Waals surface area contributed by atoms with Crippen LogP contribution in [0.15, 0.2) is 0 Å². The molecule has 0 amide bonds. The summed E-state index contributed by atoms with van der Waals surface area (Å²) in [5, 5.41) is 11.8. The van der Waals surface area contributed by atoms with Gasteiger partial charge in [-0.05, 0) is 63.5 Å². The smallest absolute Gasteiger partial charge is 0.0829 e. The fourth-order valence-electron chi connectivity index (χ4n) is 5.27. The molecule has 0 spiro atoms. The molecule has 3 aliphatic rings. The molecular formula is C19H35NO. The summed E-state index contributed by atoms with van der Waals surface area (Å²) in [6, 6.07) is 0.